The van der Waals surface area contributed by atoms with Gasteiger partial charge in [0.05, 0.1) is 6.04 Å². The van der Waals surface area contributed by atoms with Crippen LogP contribution in [0.4, 0.5) is 0 Å². The number of hydrogen-bond acceptors (Lipinski definition) is 5. The highest BCUT2D eigenvalue weighted by Gasteiger charge is 2.31. The Morgan fingerprint density at radius 1 is 1.62 bits per heavy atom. The Balaban J connectivity index is 2.01. The molecule has 0 amide bonds. The molecular formula is C7H9N5S. The molecule has 0 aromatic carbocycles. The lowest BCUT2D eigenvalue weighted by atomic mass is 10.2. The van der Waals surface area contributed by atoms with Gasteiger partial charge in [0, 0.05) is 0 Å². The number of fused-ring (bicyclic) bond motifs is 1. The van der Waals surface area contributed by atoms with Crippen LogP contribution in [0.2, 0.25) is 0 Å². The lowest BCUT2D eigenvalue weighted by molar-refractivity contribution is 0.617. The molecule has 0 spiro atoms. The van der Waals surface area contributed by atoms with E-state index in [2.05, 4.69) is 15.3 Å². The van der Waals surface area contributed by atoms with Gasteiger partial charge in [-0.3, -0.25) is 0 Å². The van der Waals surface area contributed by atoms with Gasteiger partial charge >= 0.3 is 0 Å². The molecule has 1 aliphatic carbocycles. The second kappa shape index (κ2) is 2.49. The van der Waals surface area contributed by atoms with Crippen molar-refractivity contribution < 1.29 is 0 Å². The Labute approximate surface area is 78.6 Å². The average molecular weight is 195 g/mol. The van der Waals surface area contributed by atoms with Crippen LogP contribution in [-0.4, -0.2) is 19.8 Å². The van der Waals surface area contributed by atoms with Gasteiger partial charge in [0.25, 0.3) is 0 Å². The van der Waals surface area contributed by atoms with Crippen LogP contribution in [0.15, 0.2) is 6.33 Å². The van der Waals surface area contributed by atoms with Crippen LogP contribution in [0, 0.1) is 5.92 Å². The van der Waals surface area contributed by atoms with Crippen molar-refractivity contribution in [1.29, 1.82) is 0 Å². The summed E-state index contributed by atoms with van der Waals surface area (Å²) < 4.78 is 1.68. The van der Waals surface area contributed by atoms with Gasteiger partial charge < -0.3 is 5.73 Å². The van der Waals surface area contributed by atoms with Gasteiger partial charge in [-0.15, -0.1) is 10.2 Å². The van der Waals surface area contributed by atoms with Crippen molar-refractivity contribution in [3.63, 3.8) is 0 Å². The van der Waals surface area contributed by atoms with Crippen molar-refractivity contribution in [1.82, 2.24) is 19.8 Å². The van der Waals surface area contributed by atoms with Crippen LogP contribution < -0.4 is 5.73 Å². The van der Waals surface area contributed by atoms with Crippen molar-refractivity contribution in [2.75, 3.05) is 0 Å². The Hall–Kier alpha value is -1.01. The number of rotatable bonds is 2. The smallest absolute Gasteiger partial charge is 0.234 e. The van der Waals surface area contributed by atoms with Crippen LogP contribution in [-0.2, 0) is 0 Å². The minimum absolute atomic E-state index is 0.103. The average Bonchev–Trinajstić information content (AvgIpc) is 2.73. The Kier molecular flexibility index (Phi) is 1.42. The summed E-state index contributed by atoms with van der Waals surface area (Å²) in [6, 6.07) is 0.103. The van der Waals surface area contributed by atoms with Gasteiger partial charge in [0.15, 0.2) is 0 Å². The lowest BCUT2D eigenvalue weighted by Crippen LogP contribution is -2.12. The SMILES string of the molecule is NC(c1nn2cnnc2s1)C1CC1. The van der Waals surface area contributed by atoms with E-state index >= 15 is 0 Å². The van der Waals surface area contributed by atoms with Gasteiger partial charge in [-0.25, -0.2) is 0 Å². The summed E-state index contributed by atoms with van der Waals surface area (Å²) >= 11 is 1.53. The first kappa shape index (κ1) is 7.40. The van der Waals surface area contributed by atoms with E-state index in [1.807, 2.05) is 0 Å². The molecule has 0 bridgehead atoms. The van der Waals surface area contributed by atoms with Crippen molar-refractivity contribution in [2.45, 2.75) is 18.9 Å². The van der Waals surface area contributed by atoms with E-state index in [1.54, 1.807) is 10.8 Å². The van der Waals surface area contributed by atoms with E-state index in [0.717, 1.165) is 9.97 Å². The normalized spacial score (nSPS) is 19.5. The standard InChI is InChI=1S/C7H9N5S/c8-5(4-1-2-4)6-11-12-3-9-10-7(12)13-6/h3-5H,1-2,8H2. The fourth-order valence-electron chi connectivity index (χ4n) is 1.37. The first-order valence-electron chi connectivity index (χ1n) is 4.27. The summed E-state index contributed by atoms with van der Waals surface area (Å²) in [7, 11) is 0. The predicted molar refractivity (Wildman–Crippen MR) is 48.3 cm³/mol. The molecule has 0 radical (unpaired) electrons. The van der Waals surface area contributed by atoms with E-state index in [4.69, 9.17) is 5.73 Å². The van der Waals surface area contributed by atoms with E-state index in [0.29, 0.717) is 5.92 Å². The highest BCUT2D eigenvalue weighted by atomic mass is 32.1. The lowest BCUT2D eigenvalue weighted by Gasteiger charge is -2.02. The first-order valence-corrected chi connectivity index (χ1v) is 5.08. The van der Waals surface area contributed by atoms with E-state index in [1.165, 1.54) is 24.2 Å². The molecule has 3 rings (SSSR count). The number of aromatic nitrogens is 4. The zero-order valence-corrected chi connectivity index (χ0v) is 7.74. The monoisotopic (exact) mass is 195 g/mol. The fraction of sp³-hybridized carbons (Fsp3) is 0.571. The first-order chi connectivity index (χ1) is 6.34. The highest BCUT2D eigenvalue weighted by molar-refractivity contribution is 7.16. The summed E-state index contributed by atoms with van der Waals surface area (Å²) in [4.78, 5) is 0.825. The Bertz CT molecular complexity index is 400. The van der Waals surface area contributed by atoms with Crippen molar-refractivity contribution in [3.05, 3.63) is 11.3 Å². The molecule has 2 aromatic rings. The fourth-order valence-corrected chi connectivity index (χ4v) is 2.28. The van der Waals surface area contributed by atoms with Gasteiger partial charge in [-0.1, -0.05) is 11.3 Å². The highest BCUT2D eigenvalue weighted by Crippen LogP contribution is 2.40. The third-order valence-corrected chi connectivity index (χ3v) is 3.33. The molecular weight excluding hydrogens is 186 g/mol. The maximum Gasteiger partial charge on any atom is 0.234 e. The van der Waals surface area contributed by atoms with Gasteiger partial charge in [0.2, 0.25) is 4.96 Å². The van der Waals surface area contributed by atoms with Crippen LogP contribution in [0.1, 0.15) is 23.9 Å². The van der Waals surface area contributed by atoms with Crippen molar-refractivity contribution >= 4 is 16.3 Å². The summed E-state index contributed by atoms with van der Waals surface area (Å²) in [6.45, 7) is 0. The van der Waals surface area contributed by atoms with E-state index in [9.17, 15) is 0 Å². The molecule has 1 saturated carbocycles. The zero-order chi connectivity index (χ0) is 8.84. The van der Waals surface area contributed by atoms with E-state index < -0.39 is 0 Å². The summed E-state index contributed by atoms with van der Waals surface area (Å²) in [6.07, 6.45) is 4.08. The van der Waals surface area contributed by atoms with E-state index in [-0.39, 0.29) is 6.04 Å². The summed E-state index contributed by atoms with van der Waals surface area (Å²) in [5.41, 5.74) is 6.01. The molecule has 6 heteroatoms. The Morgan fingerprint density at radius 2 is 2.46 bits per heavy atom. The maximum absolute atomic E-state index is 6.01. The molecule has 13 heavy (non-hydrogen) atoms. The van der Waals surface area contributed by atoms with Crippen molar-refractivity contribution in [3.8, 4) is 0 Å². The second-order valence-corrected chi connectivity index (χ2v) is 4.35. The maximum atomic E-state index is 6.01. The number of nitrogens with zero attached hydrogens (tertiary/aromatic N) is 4. The third kappa shape index (κ3) is 1.13. The second-order valence-electron chi connectivity index (χ2n) is 3.36. The number of hydrogen-bond donors (Lipinski definition) is 1. The Morgan fingerprint density at radius 3 is 3.15 bits per heavy atom. The molecule has 5 nitrogen and oxygen atoms in total. The minimum atomic E-state index is 0.103. The van der Waals surface area contributed by atoms with Crippen LogP contribution in [0.5, 0.6) is 0 Å². The summed E-state index contributed by atoms with van der Waals surface area (Å²) in [5, 5.41) is 13.0. The van der Waals surface area contributed by atoms with Crippen LogP contribution in [0.25, 0.3) is 4.96 Å². The van der Waals surface area contributed by atoms with Gasteiger partial charge in [-0.2, -0.15) is 9.61 Å². The molecule has 2 aromatic heterocycles. The quantitative estimate of drug-likeness (QED) is 0.761. The van der Waals surface area contributed by atoms with Crippen molar-refractivity contribution in [2.24, 2.45) is 11.7 Å². The van der Waals surface area contributed by atoms with Gasteiger partial charge in [0.1, 0.15) is 11.3 Å². The predicted octanol–water partition coefficient (Wildman–Crippen LogP) is 0.596. The molecule has 0 saturated heterocycles. The molecule has 0 aliphatic heterocycles. The molecule has 1 fully saturated rings. The summed E-state index contributed by atoms with van der Waals surface area (Å²) in [5.74, 6) is 0.642. The van der Waals surface area contributed by atoms with Crippen LogP contribution in [0.3, 0.4) is 0 Å². The molecule has 2 heterocycles. The molecule has 2 N–H and O–H groups in total. The van der Waals surface area contributed by atoms with Crippen LogP contribution >= 0.6 is 11.3 Å². The minimum Gasteiger partial charge on any atom is -0.322 e. The zero-order valence-electron chi connectivity index (χ0n) is 6.92. The third-order valence-electron chi connectivity index (χ3n) is 2.32. The molecule has 1 unspecified atom stereocenters. The molecule has 68 valence electrons. The molecule has 1 aliphatic rings. The largest absolute Gasteiger partial charge is 0.322 e. The number of nitrogens with two attached hydrogens (primary N) is 1. The topological polar surface area (TPSA) is 69.1 Å². The molecule has 1 atom stereocenters. The van der Waals surface area contributed by atoms with Gasteiger partial charge in [-0.05, 0) is 18.8 Å².